The predicted molar refractivity (Wildman–Crippen MR) is 80.6 cm³/mol. The lowest BCUT2D eigenvalue weighted by atomic mass is 9.89. The Morgan fingerprint density at radius 1 is 1.15 bits per heavy atom. The van der Waals surface area contributed by atoms with Crippen molar-refractivity contribution >= 4 is 13.2 Å². The number of hydrogen-bond acceptors (Lipinski definition) is 4. The minimum atomic E-state index is -0.343. The van der Waals surface area contributed by atoms with Gasteiger partial charge < -0.3 is 14.0 Å². The molecule has 1 aliphatic heterocycles. The highest BCUT2D eigenvalue weighted by atomic mass is 16.7. The van der Waals surface area contributed by atoms with Crippen molar-refractivity contribution in [3.63, 3.8) is 0 Å². The third kappa shape index (κ3) is 2.89. The lowest BCUT2D eigenvalue weighted by Gasteiger charge is -2.32. The Kier molecular flexibility index (Phi) is 3.94. The molecule has 1 aliphatic rings. The molecule has 0 N–H and O–H groups in total. The van der Waals surface area contributed by atoms with E-state index in [2.05, 4.69) is 4.98 Å². The second-order valence-corrected chi connectivity index (χ2v) is 6.01. The molecule has 0 atom stereocenters. The second-order valence-electron chi connectivity index (χ2n) is 6.01. The van der Waals surface area contributed by atoms with Gasteiger partial charge in [-0.1, -0.05) is 5.98 Å². The SMILES string of the molecule is COc1ccc(/C=C/B2OC(C)(C)C(C)(C)O2)nc1C. The average Bonchev–Trinajstić information content (AvgIpc) is 2.55. The summed E-state index contributed by atoms with van der Waals surface area (Å²) in [6.45, 7) is 10.1. The molecule has 108 valence electrons. The fraction of sp³-hybridized carbons (Fsp3) is 0.533. The molecule has 4 nitrogen and oxygen atoms in total. The molecule has 1 fully saturated rings. The van der Waals surface area contributed by atoms with Gasteiger partial charge in [0.25, 0.3) is 0 Å². The molecule has 0 aliphatic carbocycles. The van der Waals surface area contributed by atoms with Gasteiger partial charge in [-0.2, -0.15) is 0 Å². The van der Waals surface area contributed by atoms with E-state index in [-0.39, 0.29) is 18.3 Å². The number of nitrogens with zero attached hydrogens (tertiary/aromatic N) is 1. The first-order valence-electron chi connectivity index (χ1n) is 6.81. The van der Waals surface area contributed by atoms with E-state index in [4.69, 9.17) is 14.0 Å². The fourth-order valence-electron chi connectivity index (χ4n) is 2.02. The first kappa shape index (κ1) is 15.1. The first-order chi connectivity index (χ1) is 9.25. The number of aryl methyl sites for hydroxylation is 1. The molecule has 0 amide bonds. The minimum Gasteiger partial charge on any atom is -0.495 e. The number of rotatable bonds is 3. The lowest BCUT2D eigenvalue weighted by Crippen LogP contribution is -2.41. The molecule has 1 aromatic rings. The van der Waals surface area contributed by atoms with Gasteiger partial charge in [0.2, 0.25) is 0 Å². The van der Waals surface area contributed by atoms with Crippen LogP contribution in [0, 0.1) is 6.92 Å². The molecule has 2 rings (SSSR count). The molecule has 1 aromatic heterocycles. The van der Waals surface area contributed by atoms with Crippen molar-refractivity contribution < 1.29 is 14.0 Å². The summed E-state index contributed by atoms with van der Waals surface area (Å²) in [7, 11) is 1.30. The summed E-state index contributed by atoms with van der Waals surface area (Å²) < 4.78 is 17.0. The Hall–Kier alpha value is -1.33. The first-order valence-corrected chi connectivity index (χ1v) is 6.81. The fourth-order valence-corrected chi connectivity index (χ4v) is 2.02. The van der Waals surface area contributed by atoms with Crippen LogP contribution in [0.4, 0.5) is 0 Å². The Morgan fingerprint density at radius 3 is 2.25 bits per heavy atom. The van der Waals surface area contributed by atoms with Gasteiger partial charge >= 0.3 is 7.12 Å². The van der Waals surface area contributed by atoms with Crippen molar-refractivity contribution in [2.24, 2.45) is 0 Å². The van der Waals surface area contributed by atoms with Crippen molar-refractivity contribution in [2.45, 2.75) is 45.8 Å². The van der Waals surface area contributed by atoms with Crippen molar-refractivity contribution in [1.29, 1.82) is 0 Å². The normalized spacial score (nSPS) is 20.6. The van der Waals surface area contributed by atoms with E-state index in [1.165, 1.54) is 0 Å². The maximum Gasteiger partial charge on any atom is 0.487 e. The molecular formula is C15H22BNO3. The topological polar surface area (TPSA) is 40.6 Å². The van der Waals surface area contributed by atoms with Crippen LogP contribution >= 0.6 is 0 Å². The number of aromatic nitrogens is 1. The van der Waals surface area contributed by atoms with Gasteiger partial charge in [0.1, 0.15) is 5.75 Å². The van der Waals surface area contributed by atoms with Crippen molar-refractivity contribution in [3.8, 4) is 5.75 Å². The smallest absolute Gasteiger partial charge is 0.487 e. The van der Waals surface area contributed by atoms with E-state index in [0.717, 1.165) is 17.1 Å². The third-order valence-corrected chi connectivity index (χ3v) is 3.97. The van der Waals surface area contributed by atoms with E-state index >= 15 is 0 Å². The van der Waals surface area contributed by atoms with Gasteiger partial charge in [0.15, 0.2) is 0 Å². The van der Waals surface area contributed by atoms with Gasteiger partial charge in [-0.15, -0.1) is 0 Å². The largest absolute Gasteiger partial charge is 0.495 e. The van der Waals surface area contributed by atoms with Crippen LogP contribution in [0.1, 0.15) is 39.1 Å². The van der Waals surface area contributed by atoms with Crippen LogP contribution in [0.25, 0.3) is 6.08 Å². The van der Waals surface area contributed by atoms with Crippen LogP contribution in [-0.4, -0.2) is 30.4 Å². The summed E-state index contributed by atoms with van der Waals surface area (Å²) in [6.07, 6.45) is 1.91. The summed E-state index contributed by atoms with van der Waals surface area (Å²) in [5.41, 5.74) is 1.10. The van der Waals surface area contributed by atoms with Gasteiger partial charge in [0, 0.05) is 0 Å². The molecule has 0 radical (unpaired) electrons. The number of ether oxygens (including phenoxy) is 1. The highest BCUT2D eigenvalue weighted by Crippen LogP contribution is 2.37. The van der Waals surface area contributed by atoms with Crippen LogP contribution in [0.5, 0.6) is 5.75 Å². The monoisotopic (exact) mass is 275 g/mol. The average molecular weight is 275 g/mol. The van der Waals surface area contributed by atoms with Crippen molar-refractivity contribution in [3.05, 3.63) is 29.5 Å². The highest BCUT2D eigenvalue weighted by molar-refractivity contribution is 6.52. The number of pyridine rings is 1. The second kappa shape index (κ2) is 5.22. The van der Waals surface area contributed by atoms with Gasteiger partial charge in [0.05, 0.1) is 29.7 Å². The highest BCUT2D eigenvalue weighted by Gasteiger charge is 2.49. The standard InChI is InChI=1S/C15H22BNO3/c1-11-13(18-6)8-7-12(17-11)9-10-16-19-14(2,3)15(4,5)20-16/h7-10H,1-6H3/b10-9+. The molecule has 5 heteroatoms. The Morgan fingerprint density at radius 2 is 1.75 bits per heavy atom. The third-order valence-electron chi connectivity index (χ3n) is 3.97. The van der Waals surface area contributed by atoms with Gasteiger partial charge in [-0.05, 0) is 52.8 Å². The predicted octanol–water partition coefficient (Wildman–Crippen LogP) is 3.04. The van der Waals surface area contributed by atoms with Crippen molar-refractivity contribution in [2.75, 3.05) is 7.11 Å². The maximum atomic E-state index is 5.90. The summed E-state index contributed by atoms with van der Waals surface area (Å²) in [6, 6.07) is 3.82. The zero-order valence-corrected chi connectivity index (χ0v) is 13.1. The molecular weight excluding hydrogens is 253 g/mol. The summed E-state index contributed by atoms with van der Waals surface area (Å²) in [4.78, 5) is 4.45. The van der Waals surface area contributed by atoms with Gasteiger partial charge in [-0.25, -0.2) is 4.98 Å². The molecule has 1 saturated heterocycles. The number of hydrogen-bond donors (Lipinski definition) is 0. The molecule has 0 saturated carbocycles. The minimum absolute atomic E-state index is 0.314. The molecule has 2 heterocycles. The van der Waals surface area contributed by atoms with Crippen LogP contribution in [0.2, 0.25) is 0 Å². The zero-order valence-electron chi connectivity index (χ0n) is 13.1. The summed E-state index contributed by atoms with van der Waals surface area (Å²) in [5.74, 6) is 2.68. The molecule has 0 unspecified atom stereocenters. The van der Waals surface area contributed by atoms with Crippen LogP contribution in [-0.2, 0) is 9.31 Å². The Labute approximate surface area is 121 Å². The van der Waals surface area contributed by atoms with E-state index in [1.54, 1.807) is 7.11 Å². The quantitative estimate of drug-likeness (QED) is 0.795. The van der Waals surface area contributed by atoms with Crippen LogP contribution in [0.3, 0.4) is 0 Å². The van der Waals surface area contributed by atoms with E-state index in [1.807, 2.05) is 58.8 Å². The van der Waals surface area contributed by atoms with E-state index in [9.17, 15) is 0 Å². The van der Waals surface area contributed by atoms with E-state index < -0.39 is 0 Å². The van der Waals surface area contributed by atoms with Gasteiger partial charge in [-0.3, -0.25) is 0 Å². The zero-order chi connectivity index (χ0) is 15.0. The molecule has 0 bridgehead atoms. The molecule has 0 aromatic carbocycles. The van der Waals surface area contributed by atoms with Crippen LogP contribution in [0.15, 0.2) is 18.1 Å². The lowest BCUT2D eigenvalue weighted by molar-refractivity contribution is 0.00578. The summed E-state index contributed by atoms with van der Waals surface area (Å²) >= 11 is 0. The Balaban J connectivity index is 2.10. The summed E-state index contributed by atoms with van der Waals surface area (Å²) in [5, 5.41) is 0. The Bertz CT molecular complexity index is 510. The number of methoxy groups -OCH3 is 1. The molecule has 0 spiro atoms. The maximum absolute atomic E-state index is 5.90. The van der Waals surface area contributed by atoms with E-state index in [0.29, 0.717) is 0 Å². The van der Waals surface area contributed by atoms with Crippen LogP contribution < -0.4 is 4.74 Å². The van der Waals surface area contributed by atoms with Crippen molar-refractivity contribution in [1.82, 2.24) is 4.98 Å². The molecule has 20 heavy (non-hydrogen) atoms.